The van der Waals surface area contributed by atoms with E-state index in [1.807, 2.05) is 212 Å². The van der Waals surface area contributed by atoms with Gasteiger partial charge in [-0.3, -0.25) is 4.98 Å². The number of benzene rings is 10. The second kappa shape index (κ2) is 34.5. The average molecular weight is 1930 g/mol. The van der Waals surface area contributed by atoms with Gasteiger partial charge in [-0.15, -0.1) is 28.1 Å². The van der Waals surface area contributed by atoms with Crippen LogP contribution in [-0.4, -0.2) is 57.6 Å². The zero-order valence-corrected chi connectivity index (χ0v) is 64.3. The average Bonchev–Trinajstić information content (AvgIpc) is 1.50. The van der Waals surface area contributed by atoms with Crippen molar-refractivity contribution in [2.45, 2.75) is 19.6 Å². The van der Waals surface area contributed by atoms with Gasteiger partial charge >= 0.3 is 63.2 Å². The molecule has 0 saturated heterocycles. The Morgan fingerprint density at radius 1 is 0.362 bits per heavy atom. The molecule has 3 aliphatic rings. The fourth-order valence-electron chi connectivity index (χ4n) is 13.2. The summed E-state index contributed by atoms with van der Waals surface area (Å²) in [6, 6.07) is 108. The number of hydrogen-bond donors (Lipinski definition) is 3. The van der Waals surface area contributed by atoms with Crippen molar-refractivity contribution >= 4 is 85.0 Å². The maximum Gasteiger partial charge on any atom is 2.00 e. The van der Waals surface area contributed by atoms with E-state index in [0.29, 0.717) is 19.6 Å². The largest absolute Gasteiger partial charge is 2.00 e. The Kier molecular flexibility index (Phi) is 24.2. The molecule has 3 N–H and O–H groups in total. The first kappa shape index (κ1) is 73.7. The Hall–Kier alpha value is -11.0. The smallest absolute Gasteiger partial charge is 0.506 e. The number of nitrogens with zero attached hydrogens (tertiary/aromatic N) is 11. The molecule has 0 spiro atoms. The summed E-state index contributed by atoms with van der Waals surface area (Å²) in [5.41, 5.74) is 9.52. The van der Waals surface area contributed by atoms with Crippen LogP contribution in [0.2, 0.25) is 0 Å². The molecule has 14 nitrogen and oxygen atoms in total. The molecule has 3 aliphatic heterocycles. The van der Waals surface area contributed by atoms with E-state index in [-0.39, 0.29) is 80.4 Å². The minimum Gasteiger partial charge on any atom is -0.506 e. The van der Waals surface area contributed by atoms with Gasteiger partial charge in [0.2, 0.25) is 0 Å². The van der Waals surface area contributed by atoms with E-state index in [1.165, 1.54) is 20.9 Å². The minimum absolute atomic E-state index is 0. The number of aromatic nitrogens is 4. The molecule has 0 amide bonds. The van der Waals surface area contributed by atoms with Gasteiger partial charge < -0.3 is 54.2 Å². The Balaban J connectivity index is 0.000000146. The van der Waals surface area contributed by atoms with Crippen LogP contribution in [-0.2, 0) is 82.8 Å². The van der Waals surface area contributed by atoms with E-state index < -0.39 is 8.07 Å². The van der Waals surface area contributed by atoms with Gasteiger partial charge in [-0.2, -0.15) is 85.9 Å². The van der Waals surface area contributed by atoms with Crippen molar-refractivity contribution in [3.63, 3.8) is 0 Å². The molecule has 105 heavy (non-hydrogen) atoms. The Bertz CT molecular complexity index is 5130. The van der Waals surface area contributed by atoms with Crippen molar-refractivity contribution in [3.05, 3.63) is 402 Å². The summed E-state index contributed by atoms with van der Waals surface area (Å²) in [6.45, 7) is 7.91. The van der Waals surface area contributed by atoms with Crippen LogP contribution < -0.4 is 40.5 Å². The van der Waals surface area contributed by atoms with Crippen LogP contribution in [0.5, 0.6) is 17.2 Å². The van der Waals surface area contributed by atoms with E-state index in [9.17, 15) is 15.3 Å². The van der Waals surface area contributed by atoms with Crippen LogP contribution in [0.4, 0.5) is 34.3 Å². The molecule has 14 aromatic rings. The number of para-hydroxylation sites is 8. The number of fused-ring (bicyclic) bond motifs is 3. The van der Waals surface area contributed by atoms with E-state index in [2.05, 4.69) is 198 Å². The maximum atomic E-state index is 10.3. The topological polar surface area (TPSA) is 127 Å². The number of rotatable bonds is 17. The molecule has 0 atom stereocenters. The van der Waals surface area contributed by atoms with Gasteiger partial charge in [0.1, 0.15) is 28.9 Å². The molecule has 0 fully saturated rings. The number of phenolic OH excluding ortho intramolecular Hbond substituents is 3. The second-order valence-corrected chi connectivity index (χ2v) is 28.1. The fraction of sp³-hybridized carbons (Fsp3) is 0.0345. The molecule has 18 heteroatoms. The van der Waals surface area contributed by atoms with Gasteiger partial charge in [0.05, 0.1) is 17.1 Å². The molecular formula is C87H69N11O3Pt3Si. The summed E-state index contributed by atoms with van der Waals surface area (Å²) in [7, 11) is -2.72. The number of phenols is 3. The SMILES string of the molecule is Oc1ccccc1N1C=CN(Cc2[c-]c(N(c3ccccc3)c3ccccn3)ccc2)[CH-]1.Oc1ccccc1N1C=CN(Cc2[c-]c([Si](c3ccccc3)(c3ccccc3)c3ccccn3)ccc2)[CH-]1.Oc1ccccc1N1C=CN(Cc2[c-]c3c(cc2)c2ccccc2n3-c2ccccn2)[CH-]1.[Pt+2].[Pt+2].[Pt+2]. The molecule has 524 valence electrons. The van der Waals surface area contributed by atoms with Crippen LogP contribution in [0, 0.1) is 38.2 Å². The monoisotopic (exact) mass is 1930 g/mol. The first-order valence-electron chi connectivity index (χ1n) is 33.5. The van der Waals surface area contributed by atoms with Gasteiger partial charge in [-0.05, 0) is 164 Å². The summed E-state index contributed by atoms with van der Waals surface area (Å²) in [4.78, 5) is 28.2. The zero-order valence-electron chi connectivity index (χ0n) is 56.5. The summed E-state index contributed by atoms with van der Waals surface area (Å²) in [6.07, 6.45) is 17.3. The van der Waals surface area contributed by atoms with Crippen molar-refractivity contribution in [1.29, 1.82) is 0 Å². The molecule has 0 saturated carbocycles. The van der Waals surface area contributed by atoms with E-state index in [1.54, 1.807) is 24.4 Å². The van der Waals surface area contributed by atoms with Crippen LogP contribution in [0.15, 0.2) is 347 Å². The molecule has 0 aliphatic carbocycles. The number of aromatic hydroxyl groups is 3. The summed E-state index contributed by atoms with van der Waals surface area (Å²) in [5, 5.41) is 37.7. The molecule has 0 bridgehead atoms. The predicted octanol–water partition coefficient (Wildman–Crippen LogP) is 15.4. The Morgan fingerprint density at radius 2 is 0.819 bits per heavy atom. The van der Waals surface area contributed by atoms with Crippen LogP contribution in [0.25, 0.3) is 27.6 Å². The fourth-order valence-corrected chi connectivity index (χ4v) is 17.7. The summed E-state index contributed by atoms with van der Waals surface area (Å²) in [5.74, 6) is 2.47. The van der Waals surface area contributed by atoms with Gasteiger partial charge in [0.15, 0.2) is 8.07 Å². The normalized spacial score (nSPS) is 12.8. The predicted molar refractivity (Wildman–Crippen MR) is 411 cm³/mol. The number of pyridine rings is 3. The van der Waals surface area contributed by atoms with Crippen molar-refractivity contribution in [2.24, 2.45) is 0 Å². The van der Waals surface area contributed by atoms with Crippen LogP contribution in [0.3, 0.4) is 0 Å². The van der Waals surface area contributed by atoms with Gasteiger partial charge in [-0.25, -0.2) is 9.97 Å². The molecule has 10 aromatic carbocycles. The van der Waals surface area contributed by atoms with E-state index in [4.69, 9.17) is 4.98 Å². The molecule has 0 unspecified atom stereocenters. The standard InChI is InChI=1S/C33H27N3OSi.C27H20N4O.C27H22N4O.3Pt/c37-32-19-8-7-18-31(32)36-23-22-35(26-36)25-27-12-11-17-30(24-27)38(28-13-3-1-4-14-28,29-15-5-2-6-16-29)33-20-9-10-21-34-33;32-26-10-4-3-9-24(26)30-16-15-29(19-30)18-20-12-13-22-21-7-1-2-8-23(21)31(25(22)17-20)27-11-5-6-14-28-27;32-26-14-5-4-13-25(26)30-18-17-29(21-30)20-22-9-8-12-24(19-22)31(23-10-2-1-3-11-23)27-15-6-7-16-28-27;;;/h1-23,26,37H,25H2;1-16,19,32H,18H2;1-18,21,32H,20H2;;;/q3*-2;3*+2. The minimum atomic E-state index is -2.72. The molecule has 17 rings (SSSR count). The number of hydrogen-bond acceptors (Lipinski definition) is 13. The molecule has 0 radical (unpaired) electrons. The first-order valence-corrected chi connectivity index (χ1v) is 35.5. The van der Waals surface area contributed by atoms with Crippen molar-refractivity contribution in [2.75, 3.05) is 19.6 Å². The van der Waals surface area contributed by atoms with Crippen molar-refractivity contribution in [3.8, 4) is 23.1 Å². The van der Waals surface area contributed by atoms with Gasteiger partial charge in [0.25, 0.3) is 0 Å². The van der Waals surface area contributed by atoms with Crippen molar-refractivity contribution in [1.82, 2.24) is 34.2 Å². The third kappa shape index (κ3) is 16.3. The Morgan fingerprint density at radius 3 is 1.33 bits per heavy atom. The van der Waals surface area contributed by atoms with Crippen LogP contribution in [0.1, 0.15) is 16.7 Å². The maximum absolute atomic E-state index is 10.3. The van der Waals surface area contributed by atoms with Gasteiger partial charge in [-0.1, -0.05) is 163 Å². The van der Waals surface area contributed by atoms with E-state index in [0.717, 1.165) is 78.5 Å². The Labute approximate surface area is 656 Å². The molecular weight excluding hydrogens is 1860 g/mol. The zero-order chi connectivity index (χ0) is 69.0. The second-order valence-electron chi connectivity index (χ2n) is 24.4. The van der Waals surface area contributed by atoms with Crippen LogP contribution >= 0.6 is 0 Å². The quantitative estimate of drug-likeness (QED) is 0.0455. The third-order valence-electron chi connectivity index (χ3n) is 17.8. The number of anilines is 6. The summed E-state index contributed by atoms with van der Waals surface area (Å²) >= 11 is 0. The third-order valence-corrected chi connectivity index (χ3v) is 22.4. The van der Waals surface area contributed by atoms with E-state index >= 15 is 0 Å². The van der Waals surface area contributed by atoms with Gasteiger partial charge in [0, 0.05) is 35.1 Å². The molecule has 4 aromatic heterocycles. The molecule has 7 heterocycles. The van der Waals surface area contributed by atoms with Crippen molar-refractivity contribution < 1.29 is 78.5 Å². The first-order chi connectivity index (χ1) is 50.3. The summed E-state index contributed by atoms with van der Waals surface area (Å²) < 4.78 is 2.17.